The quantitative estimate of drug-likeness (QED) is 0.668. The summed E-state index contributed by atoms with van der Waals surface area (Å²) in [6.07, 6.45) is 0. The molecule has 4 rings (SSSR count). The number of thiazole rings is 1. The predicted octanol–water partition coefficient (Wildman–Crippen LogP) is 4.09. The molecule has 0 bridgehead atoms. The Kier molecular flexibility index (Phi) is 5.82. The number of rotatable bonds is 5. The Balaban J connectivity index is 1.67. The highest BCUT2D eigenvalue weighted by Gasteiger charge is 2.13. The summed E-state index contributed by atoms with van der Waals surface area (Å²) in [6, 6.07) is 19.0. The first-order valence-corrected chi connectivity index (χ1v) is 10.3. The van der Waals surface area contributed by atoms with Crippen molar-refractivity contribution in [2.45, 2.75) is 13.5 Å². The Hall–Kier alpha value is -2.21. The summed E-state index contributed by atoms with van der Waals surface area (Å²) in [6.45, 7) is 7.73. The largest absolute Gasteiger partial charge is 0.379 e. The molecular formula is C22H25N3OS. The van der Waals surface area contributed by atoms with Gasteiger partial charge in [-0.2, -0.15) is 0 Å². The Labute approximate surface area is 164 Å². The van der Waals surface area contributed by atoms with Crippen LogP contribution in [0.5, 0.6) is 0 Å². The highest BCUT2D eigenvalue weighted by molar-refractivity contribution is 7.07. The maximum absolute atomic E-state index is 5.48. The van der Waals surface area contributed by atoms with E-state index in [4.69, 9.17) is 9.73 Å². The van der Waals surface area contributed by atoms with E-state index < -0.39 is 0 Å². The van der Waals surface area contributed by atoms with Crippen LogP contribution in [0.1, 0.15) is 5.56 Å². The molecule has 0 radical (unpaired) electrons. The van der Waals surface area contributed by atoms with Crippen molar-refractivity contribution in [1.82, 2.24) is 9.47 Å². The van der Waals surface area contributed by atoms with E-state index in [2.05, 4.69) is 76.4 Å². The highest BCUT2D eigenvalue weighted by atomic mass is 32.1. The van der Waals surface area contributed by atoms with E-state index in [9.17, 15) is 0 Å². The van der Waals surface area contributed by atoms with Gasteiger partial charge in [-0.25, -0.2) is 4.99 Å². The van der Waals surface area contributed by atoms with Crippen LogP contribution in [0, 0.1) is 6.92 Å². The predicted molar refractivity (Wildman–Crippen MR) is 111 cm³/mol. The van der Waals surface area contributed by atoms with Crippen molar-refractivity contribution in [2.75, 3.05) is 32.8 Å². The van der Waals surface area contributed by atoms with E-state index in [-0.39, 0.29) is 0 Å². The van der Waals surface area contributed by atoms with E-state index >= 15 is 0 Å². The summed E-state index contributed by atoms with van der Waals surface area (Å²) in [7, 11) is 0. The molecular weight excluding hydrogens is 354 g/mol. The number of aryl methyl sites for hydroxylation is 1. The lowest BCUT2D eigenvalue weighted by molar-refractivity contribution is 0.0363. The molecule has 3 aromatic rings. The molecule has 0 spiro atoms. The summed E-state index contributed by atoms with van der Waals surface area (Å²) in [5, 5.41) is 2.22. The maximum Gasteiger partial charge on any atom is 0.190 e. The molecule has 2 aromatic carbocycles. The zero-order valence-electron chi connectivity index (χ0n) is 15.7. The lowest BCUT2D eigenvalue weighted by Crippen LogP contribution is -2.39. The van der Waals surface area contributed by atoms with Gasteiger partial charge in [0.15, 0.2) is 4.80 Å². The second kappa shape index (κ2) is 8.65. The third kappa shape index (κ3) is 4.56. The van der Waals surface area contributed by atoms with Crippen molar-refractivity contribution in [3.8, 4) is 11.3 Å². The maximum atomic E-state index is 5.48. The van der Waals surface area contributed by atoms with Gasteiger partial charge < -0.3 is 9.30 Å². The van der Waals surface area contributed by atoms with Crippen molar-refractivity contribution < 1.29 is 4.74 Å². The van der Waals surface area contributed by atoms with Gasteiger partial charge in [-0.1, -0.05) is 48.0 Å². The molecule has 5 heteroatoms. The topological polar surface area (TPSA) is 29.8 Å². The minimum Gasteiger partial charge on any atom is -0.379 e. The number of hydrogen-bond acceptors (Lipinski definition) is 4. The van der Waals surface area contributed by atoms with E-state index in [1.807, 2.05) is 0 Å². The van der Waals surface area contributed by atoms with Crippen molar-refractivity contribution in [2.24, 2.45) is 4.99 Å². The van der Waals surface area contributed by atoms with Crippen LogP contribution in [0.25, 0.3) is 11.3 Å². The minimum absolute atomic E-state index is 0.834. The molecule has 0 atom stereocenters. The Morgan fingerprint density at radius 3 is 2.44 bits per heavy atom. The fourth-order valence-corrected chi connectivity index (χ4v) is 4.23. The van der Waals surface area contributed by atoms with Gasteiger partial charge in [0.1, 0.15) is 0 Å². The lowest BCUT2D eigenvalue weighted by Gasteiger charge is -2.26. The Bertz CT molecular complexity index is 922. The Morgan fingerprint density at radius 1 is 0.963 bits per heavy atom. The fourth-order valence-electron chi connectivity index (χ4n) is 3.27. The molecule has 0 saturated carbocycles. The van der Waals surface area contributed by atoms with Crippen LogP contribution in [0.2, 0.25) is 0 Å². The standard InChI is InChI=1S/C22H25N3OS/c1-18-7-9-20(10-8-18)23-22-25(12-11-24-13-15-26-16-14-24)21(17-27-22)19-5-3-2-4-6-19/h2-10,17H,11-16H2,1H3. The molecule has 0 amide bonds. The second-order valence-electron chi connectivity index (χ2n) is 6.82. The zero-order chi connectivity index (χ0) is 18.5. The monoisotopic (exact) mass is 379 g/mol. The van der Waals surface area contributed by atoms with Crippen molar-refractivity contribution in [1.29, 1.82) is 0 Å². The number of morpholine rings is 1. The Morgan fingerprint density at radius 2 is 1.70 bits per heavy atom. The molecule has 1 fully saturated rings. The van der Waals surface area contributed by atoms with Crippen LogP contribution in [-0.2, 0) is 11.3 Å². The molecule has 0 N–H and O–H groups in total. The van der Waals surface area contributed by atoms with Crippen molar-refractivity contribution in [3.63, 3.8) is 0 Å². The summed E-state index contributed by atoms with van der Waals surface area (Å²) in [5.41, 5.74) is 4.73. The molecule has 0 unspecified atom stereocenters. The normalized spacial score (nSPS) is 16.0. The van der Waals surface area contributed by atoms with E-state index in [1.165, 1.54) is 16.8 Å². The van der Waals surface area contributed by atoms with Crippen LogP contribution in [0.4, 0.5) is 5.69 Å². The average molecular weight is 380 g/mol. The van der Waals surface area contributed by atoms with Gasteiger partial charge in [-0.3, -0.25) is 4.90 Å². The van der Waals surface area contributed by atoms with Gasteiger partial charge in [0.05, 0.1) is 24.6 Å². The molecule has 1 aromatic heterocycles. The fraction of sp³-hybridized carbons (Fsp3) is 0.318. The molecule has 1 saturated heterocycles. The SMILES string of the molecule is Cc1ccc(N=c2scc(-c3ccccc3)n2CCN2CCOCC2)cc1. The van der Waals surface area contributed by atoms with Crippen LogP contribution < -0.4 is 4.80 Å². The van der Waals surface area contributed by atoms with E-state index in [0.29, 0.717) is 0 Å². The third-order valence-corrected chi connectivity index (χ3v) is 5.73. The van der Waals surface area contributed by atoms with Gasteiger partial charge in [0.2, 0.25) is 0 Å². The number of nitrogens with zero attached hydrogens (tertiary/aromatic N) is 3. The molecule has 140 valence electrons. The second-order valence-corrected chi connectivity index (χ2v) is 7.66. The average Bonchev–Trinajstić information content (AvgIpc) is 3.12. The number of ether oxygens (including phenoxy) is 1. The number of hydrogen-bond donors (Lipinski definition) is 0. The lowest BCUT2D eigenvalue weighted by atomic mass is 10.2. The molecule has 4 nitrogen and oxygen atoms in total. The van der Waals surface area contributed by atoms with Crippen LogP contribution in [0.15, 0.2) is 65.0 Å². The molecule has 0 aliphatic carbocycles. The zero-order valence-corrected chi connectivity index (χ0v) is 16.5. The first-order valence-electron chi connectivity index (χ1n) is 9.45. The minimum atomic E-state index is 0.834. The van der Waals surface area contributed by atoms with Gasteiger partial charge in [0.25, 0.3) is 0 Å². The molecule has 27 heavy (non-hydrogen) atoms. The smallest absolute Gasteiger partial charge is 0.190 e. The van der Waals surface area contributed by atoms with E-state index in [1.54, 1.807) is 11.3 Å². The van der Waals surface area contributed by atoms with Crippen LogP contribution in [0.3, 0.4) is 0 Å². The van der Waals surface area contributed by atoms with Crippen LogP contribution in [-0.4, -0.2) is 42.3 Å². The van der Waals surface area contributed by atoms with Gasteiger partial charge in [-0.15, -0.1) is 11.3 Å². The van der Waals surface area contributed by atoms with Crippen molar-refractivity contribution >= 4 is 17.0 Å². The summed E-state index contributed by atoms with van der Waals surface area (Å²) >= 11 is 1.71. The van der Waals surface area contributed by atoms with Gasteiger partial charge in [-0.05, 0) is 24.6 Å². The van der Waals surface area contributed by atoms with Gasteiger partial charge in [0, 0.05) is 31.6 Å². The number of aromatic nitrogens is 1. The van der Waals surface area contributed by atoms with E-state index in [0.717, 1.165) is 49.9 Å². The van der Waals surface area contributed by atoms with Crippen LogP contribution >= 0.6 is 11.3 Å². The first-order chi connectivity index (χ1) is 13.3. The van der Waals surface area contributed by atoms with Crippen molar-refractivity contribution in [3.05, 3.63) is 70.3 Å². The number of benzene rings is 2. The summed E-state index contributed by atoms with van der Waals surface area (Å²) in [4.78, 5) is 8.45. The third-order valence-electron chi connectivity index (χ3n) is 4.87. The molecule has 1 aliphatic rings. The molecule has 2 heterocycles. The van der Waals surface area contributed by atoms with Gasteiger partial charge >= 0.3 is 0 Å². The summed E-state index contributed by atoms with van der Waals surface area (Å²) in [5.74, 6) is 0. The molecule has 1 aliphatic heterocycles. The summed E-state index contributed by atoms with van der Waals surface area (Å²) < 4.78 is 7.83. The highest BCUT2D eigenvalue weighted by Crippen LogP contribution is 2.21. The first kappa shape index (κ1) is 18.2.